The van der Waals surface area contributed by atoms with E-state index in [1.807, 2.05) is 55.5 Å². The second-order valence-corrected chi connectivity index (χ2v) is 4.58. The average Bonchev–Trinajstić information content (AvgIpc) is 2.52. The van der Waals surface area contributed by atoms with E-state index < -0.39 is 6.09 Å². The quantitative estimate of drug-likeness (QED) is 0.915. The predicted octanol–water partition coefficient (Wildman–Crippen LogP) is 3.33. The fourth-order valence-corrected chi connectivity index (χ4v) is 1.77. The molecule has 108 valence electrons. The van der Waals surface area contributed by atoms with Gasteiger partial charge in [0.05, 0.1) is 0 Å². The zero-order chi connectivity index (χ0) is 14.9. The fourth-order valence-electron chi connectivity index (χ4n) is 1.77. The van der Waals surface area contributed by atoms with Crippen LogP contribution in [-0.2, 0) is 11.3 Å². The molecular weight excluding hydrogens is 264 g/mol. The summed E-state index contributed by atoms with van der Waals surface area (Å²) < 4.78 is 5.11. The van der Waals surface area contributed by atoms with Crippen molar-refractivity contribution in [3.05, 3.63) is 71.6 Å². The number of aryl methyl sites for hydroxylation is 1. The van der Waals surface area contributed by atoms with Crippen LogP contribution < -0.4 is 5.32 Å². The lowest BCUT2D eigenvalue weighted by atomic mass is 10.1. The summed E-state index contributed by atoms with van der Waals surface area (Å²) in [5, 5.41) is 2.68. The van der Waals surface area contributed by atoms with Crippen molar-refractivity contribution in [2.45, 2.75) is 13.5 Å². The summed E-state index contributed by atoms with van der Waals surface area (Å²) in [6.07, 6.45) is 6.96. The molecule has 0 spiro atoms. The number of nitrogens with zero attached hydrogens (tertiary/aromatic N) is 1. The molecule has 0 bridgehead atoms. The van der Waals surface area contributed by atoms with Crippen LogP contribution in [0.1, 0.15) is 16.7 Å². The van der Waals surface area contributed by atoms with Gasteiger partial charge in [-0.3, -0.25) is 4.98 Å². The van der Waals surface area contributed by atoms with E-state index in [1.165, 1.54) is 0 Å². The zero-order valence-electron chi connectivity index (χ0n) is 12.0. The molecule has 1 N–H and O–H groups in total. The fraction of sp³-hybridized carbons (Fsp3) is 0.176. The van der Waals surface area contributed by atoms with Crippen LogP contribution >= 0.6 is 0 Å². The Kier molecular flexibility index (Phi) is 5.52. The van der Waals surface area contributed by atoms with Crippen LogP contribution in [0, 0.1) is 6.92 Å². The van der Waals surface area contributed by atoms with Gasteiger partial charge >= 0.3 is 6.09 Å². The van der Waals surface area contributed by atoms with E-state index in [9.17, 15) is 4.79 Å². The van der Waals surface area contributed by atoms with Crippen molar-refractivity contribution in [2.24, 2.45) is 0 Å². The summed E-state index contributed by atoms with van der Waals surface area (Å²) in [5.41, 5.74) is 3.15. The molecule has 1 amide bonds. The predicted molar refractivity (Wildman–Crippen MR) is 82.6 cm³/mol. The minimum absolute atomic E-state index is 0.278. The molecule has 1 heterocycles. The number of hydrogen-bond donors (Lipinski definition) is 1. The molecule has 1 aromatic heterocycles. The van der Waals surface area contributed by atoms with Gasteiger partial charge in [-0.05, 0) is 29.7 Å². The van der Waals surface area contributed by atoms with Crippen molar-refractivity contribution < 1.29 is 9.53 Å². The SMILES string of the molecule is Cc1cnccc1C=CCNC(=O)OCc1ccccc1. The number of ether oxygens (including phenoxy) is 1. The number of aromatic nitrogens is 1. The van der Waals surface area contributed by atoms with Crippen LogP contribution in [-0.4, -0.2) is 17.6 Å². The van der Waals surface area contributed by atoms with Gasteiger partial charge in [0.2, 0.25) is 0 Å². The third-order valence-electron chi connectivity index (χ3n) is 2.94. The molecule has 1 aromatic carbocycles. The van der Waals surface area contributed by atoms with Crippen LogP contribution in [0.3, 0.4) is 0 Å². The number of nitrogens with one attached hydrogen (secondary N) is 1. The Labute approximate surface area is 124 Å². The van der Waals surface area contributed by atoms with Gasteiger partial charge in [-0.15, -0.1) is 0 Å². The highest BCUT2D eigenvalue weighted by Gasteiger charge is 2.00. The third kappa shape index (κ3) is 5.10. The van der Waals surface area contributed by atoms with Crippen LogP contribution in [0.15, 0.2) is 54.9 Å². The molecule has 0 fully saturated rings. The Morgan fingerprint density at radius 1 is 1.29 bits per heavy atom. The molecule has 4 heteroatoms. The Hall–Kier alpha value is -2.62. The van der Waals surface area contributed by atoms with Crippen molar-refractivity contribution >= 4 is 12.2 Å². The first-order valence-corrected chi connectivity index (χ1v) is 6.77. The van der Waals surface area contributed by atoms with Gasteiger partial charge in [0.15, 0.2) is 0 Å². The number of carbonyl (C=O) groups is 1. The van der Waals surface area contributed by atoms with E-state index in [0.29, 0.717) is 6.54 Å². The number of carbonyl (C=O) groups excluding carboxylic acids is 1. The normalized spacial score (nSPS) is 10.5. The molecule has 0 aliphatic heterocycles. The molecule has 0 aliphatic carbocycles. The number of rotatable bonds is 5. The second kappa shape index (κ2) is 7.85. The summed E-state index contributed by atoms with van der Waals surface area (Å²) in [7, 11) is 0. The largest absolute Gasteiger partial charge is 0.445 e. The van der Waals surface area contributed by atoms with E-state index in [-0.39, 0.29) is 6.61 Å². The van der Waals surface area contributed by atoms with E-state index in [0.717, 1.165) is 16.7 Å². The summed E-state index contributed by atoms with van der Waals surface area (Å²) in [5.74, 6) is 0. The highest BCUT2D eigenvalue weighted by molar-refractivity contribution is 5.67. The highest BCUT2D eigenvalue weighted by Crippen LogP contribution is 2.06. The Morgan fingerprint density at radius 3 is 2.86 bits per heavy atom. The van der Waals surface area contributed by atoms with Gasteiger partial charge in [0, 0.05) is 18.9 Å². The first-order valence-electron chi connectivity index (χ1n) is 6.77. The standard InChI is InChI=1S/C17H18N2O2/c1-14-12-18-11-9-16(14)8-5-10-19-17(20)21-13-15-6-3-2-4-7-15/h2-9,11-12H,10,13H2,1H3,(H,19,20). The molecule has 21 heavy (non-hydrogen) atoms. The van der Waals surface area contributed by atoms with Gasteiger partial charge in [-0.2, -0.15) is 0 Å². The number of amides is 1. The number of pyridine rings is 1. The van der Waals surface area contributed by atoms with Crippen molar-refractivity contribution in [3.63, 3.8) is 0 Å². The molecule has 4 nitrogen and oxygen atoms in total. The molecule has 0 unspecified atom stereocenters. The Morgan fingerprint density at radius 2 is 2.10 bits per heavy atom. The van der Waals surface area contributed by atoms with Crippen LogP contribution in [0.2, 0.25) is 0 Å². The lowest BCUT2D eigenvalue weighted by Crippen LogP contribution is -2.24. The van der Waals surface area contributed by atoms with E-state index in [1.54, 1.807) is 12.4 Å². The van der Waals surface area contributed by atoms with E-state index >= 15 is 0 Å². The summed E-state index contributed by atoms with van der Waals surface area (Å²) in [6.45, 7) is 2.70. The lowest BCUT2D eigenvalue weighted by Gasteiger charge is -2.05. The lowest BCUT2D eigenvalue weighted by molar-refractivity contribution is 0.141. The van der Waals surface area contributed by atoms with Crippen molar-refractivity contribution in [1.29, 1.82) is 0 Å². The third-order valence-corrected chi connectivity index (χ3v) is 2.94. The molecule has 2 aromatic rings. The van der Waals surface area contributed by atoms with Gasteiger partial charge in [-0.25, -0.2) is 4.79 Å². The first-order chi connectivity index (χ1) is 10.3. The topological polar surface area (TPSA) is 51.2 Å². The van der Waals surface area contributed by atoms with Gasteiger partial charge in [-0.1, -0.05) is 42.5 Å². The minimum Gasteiger partial charge on any atom is -0.445 e. The van der Waals surface area contributed by atoms with Crippen molar-refractivity contribution in [2.75, 3.05) is 6.54 Å². The number of hydrogen-bond acceptors (Lipinski definition) is 3. The van der Waals surface area contributed by atoms with Gasteiger partial charge < -0.3 is 10.1 Å². The number of alkyl carbamates (subject to hydrolysis) is 1. The van der Waals surface area contributed by atoms with E-state index in [4.69, 9.17) is 4.74 Å². The summed E-state index contributed by atoms with van der Waals surface area (Å²) >= 11 is 0. The Bertz CT molecular complexity index is 609. The Balaban J connectivity index is 1.71. The summed E-state index contributed by atoms with van der Waals surface area (Å²) in [6, 6.07) is 11.5. The molecule has 0 saturated carbocycles. The smallest absolute Gasteiger partial charge is 0.407 e. The molecule has 2 rings (SSSR count). The zero-order valence-corrected chi connectivity index (χ0v) is 12.0. The monoisotopic (exact) mass is 282 g/mol. The molecule has 0 saturated heterocycles. The van der Waals surface area contributed by atoms with E-state index in [2.05, 4.69) is 10.3 Å². The van der Waals surface area contributed by atoms with Crippen LogP contribution in [0.25, 0.3) is 6.08 Å². The molecule has 0 radical (unpaired) electrons. The van der Waals surface area contributed by atoms with Crippen molar-refractivity contribution in [1.82, 2.24) is 10.3 Å². The molecular formula is C17H18N2O2. The van der Waals surface area contributed by atoms with Gasteiger partial charge in [0.1, 0.15) is 6.61 Å². The second-order valence-electron chi connectivity index (χ2n) is 4.58. The van der Waals surface area contributed by atoms with Crippen LogP contribution in [0.4, 0.5) is 4.79 Å². The summed E-state index contributed by atoms with van der Waals surface area (Å²) in [4.78, 5) is 15.5. The number of benzene rings is 1. The highest BCUT2D eigenvalue weighted by atomic mass is 16.5. The minimum atomic E-state index is -0.421. The van der Waals surface area contributed by atoms with Crippen LogP contribution in [0.5, 0.6) is 0 Å². The van der Waals surface area contributed by atoms with Gasteiger partial charge in [0.25, 0.3) is 0 Å². The maximum Gasteiger partial charge on any atom is 0.407 e. The maximum atomic E-state index is 11.5. The molecule has 0 atom stereocenters. The van der Waals surface area contributed by atoms with Crippen molar-refractivity contribution in [3.8, 4) is 0 Å². The maximum absolute atomic E-state index is 11.5. The first kappa shape index (κ1) is 14.8. The average molecular weight is 282 g/mol. The molecule has 0 aliphatic rings.